The van der Waals surface area contributed by atoms with Crippen molar-refractivity contribution in [3.8, 4) is 11.4 Å². The van der Waals surface area contributed by atoms with Gasteiger partial charge in [0.2, 0.25) is 0 Å². The van der Waals surface area contributed by atoms with E-state index in [1.165, 1.54) is 12.6 Å². The van der Waals surface area contributed by atoms with E-state index < -0.39 is 0 Å². The lowest BCUT2D eigenvalue weighted by atomic mass is 10.3. The highest BCUT2D eigenvalue weighted by atomic mass is 15.1. The van der Waals surface area contributed by atoms with Crippen LogP contribution in [-0.2, 0) is 0 Å². The van der Waals surface area contributed by atoms with Gasteiger partial charge in [-0.3, -0.25) is 0 Å². The predicted molar refractivity (Wildman–Crippen MR) is 48.6 cm³/mol. The maximum Gasteiger partial charge on any atom is 0.184 e. The molecule has 0 unspecified atom stereocenters. The minimum Gasteiger partial charge on any atom is -0.240 e. The molecule has 5 nitrogen and oxygen atoms in total. The van der Waals surface area contributed by atoms with Crippen LogP contribution in [0.25, 0.3) is 11.4 Å². The molecule has 0 aliphatic carbocycles. The molecule has 14 heavy (non-hydrogen) atoms. The average Bonchev–Trinajstić information content (AvgIpc) is 2.30. The van der Waals surface area contributed by atoms with Crippen LogP contribution >= 0.6 is 0 Å². The van der Waals surface area contributed by atoms with Gasteiger partial charge in [0.05, 0.1) is 11.8 Å². The zero-order valence-electron chi connectivity index (χ0n) is 7.20. The van der Waals surface area contributed by atoms with Gasteiger partial charge in [-0.15, -0.1) is 5.10 Å². The van der Waals surface area contributed by atoms with Crippen LogP contribution in [0.15, 0.2) is 24.8 Å². The summed E-state index contributed by atoms with van der Waals surface area (Å²) in [6, 6.07) is 0. The van der Waals surface area contributed by atoms with Crippen LogP contribution in [0, 0.1) is 13.3 Å². The predicted octanol–water partition coefficient (Wildman–Crippen LogP) is 0.592. The molecule has 2 aromatic rings. The Morgan fingerprint density at radius 2 is 1.86 bits per heavy atom. The first-order valence-corrected chi connectivity index (χ1v) is 3.91. The van der Waals surface area contributed by atoms with Gasteiger partial charge in [-0.1, -0.05) is 0 Å². The minimum atomic E-state index is 0.470. The molecule has 0 amide bonds. The molecular formula is C9H6N5. The van der Waals surface area contributed by atoms with Crippen LogP contribution in [-0.4, -0.2) is 25.1 Å². The first-order valence-electron chi connectivity index (χ1n) is 3.91. The molecule has 0 aliphatic rings. The van der Waals surface area contributed by atoms with Gasteiger partial charge >= 0.3 is 0 Å². The molecule has 3 radical (unpaired) electrons. The summed E-state index contributed by atoms with van der Waals surface area (Å²) >= 11 is 0. The van der Waals surface area contributed by atoms with E-state index in [1.807, 2.05) is 0 Å². The summed E-state index contributed by atoms with van der Waals surface area (Å²) in [4.78, 5) is 12.0. The Hall–Kier alpha value is -1.91. The van der Waals surface area contributed by atoms with Crippen molar-refractivity contribution >= 4 is 0 Å². The van der Waals surface area contributed by atoms with Gasteiger partial charge in [0.1, 0.15) is 5.82 Å². The average molecular weight is 184 g/mol. The number of rotatable bonds is 2. The van der Waals surface area contributed by atoms with Gasteiger partial charge in [0.25, 0.3) is 0 Å². The van der Waals surface area contributed by atoms with Crippen molar-refractivity contribution in [1.82, 2.24) is 25.1 Å². The largest absolute Gasteiger partial charge is 0.240 e. The fraction of sp³-hybridized carbons (Fsp3) is 0. The standard InChI is InChI=1S/C9H6N5/c1-2-8-11-5-7(6-12-8)9-10-3-4-13-14-9/h1-6H. The van der Waals surface area contributed by atoms with Gasteiger partial charge < -0.3 is 0 Å². The molecule has 5 heteroatoms. The van der Waals surface area contributed by atoms with Crippen molar-refractivity contribution in [3.63, 3.8) is 0 Å². The van der Waals surface area contributed by atoms with Gasteiger partial charge in [0.15, 0.2) is 5.82 Å². The highest BCUT2D eigenvalue weighted by Crippen LogP contribution is 2.09. The second-order valence-electron chi connectivity index (χ2n) is 2.46. The Labute approximate surface area is 81.3 Å². The zero-order valence-corrected chi connectivity index (χ0v) is 7.20. The summed E-state index contributed by atoms with van der Waals surface area (Å²) in [7, 11) is 0. The third kappa shape index (κ3) is 1.71. The van der Waals surface area contributed by atoms with E-state index >= 15 is 0 Å². The van der Waals surface area contributed by atoms with Crippen LogP contribution in [0.4, 0.5) is 0 Å². The first kappa shape index (κ1) is 8.68. The molecule has 2 aromatic heterocycles. The van der Waals surface area contributed by atoms with Gasteiger partial charge in [-0.05, 0) is 6.92 Å². The molecule has 0 fully saturated rings. The van der Waals surface area contributed by atoms with E-state index in [2.05, 4.69) is 25.1 Å². The van der Waals surface area contributed by atoms with Crippen LogP contribution < -0.4 is 0 Å². The lowest BCUT2D eigenvalue weighted by Crippen LogP contribution is -1.94. The summed E-state index contributed by atoms with van der Waals surface area (Å²) in [5, 5.41) is 7.52. The van der Waals surface area contributed by atoms with Crippen LogP contribution in [0.5, 0.6) is 0 Å². The summed E-state index contributed by atoms with van der Waals surface area (Å²) in [5.41, 5.74) is 0.712. The Morgan fingerprint density at radius 1 is 1.07 bits per heavy atom. The first-order chi connectivity index (χ1) is 6.90. The van der Waals surface area contributed by atoms with E-state index in [0.29, 0.717) is 17.2 Å². The molecular weight excluding hydrogens is 178 g/mol. The quantitative estimate of drug-likeness (QED) is 0.683. The summed E-state index contributed by atoms with van der Waals surface area (Å²) < 4.78 is 0. The molecule has 2 rings (SSSR count). The molecule has 2 heterocycles. The Kier molecular flexibility index (Phi) is 2.40. The van der Waals surface area contributed by atoms with Crippen LogP contribution in [0.3, 0.4) is 0 Å². The Morgan fingerprint density at radius 3 is 2.43 bits per heavy atom. The molecule has 0 saturated carbocycles. The number of hydrogen-bond donors (Lipinski definition) is 0. The molecule has 67 valence electrons. The van der Waals surface area contributed by atoms with Gasteiger partial charge in [0, 0.05) is 25.0 Å². The maximum atomic E-state index is 5.24. The maximum absolute atomic E-state index is 5.24. The molecule has 0 N–H and O–H groups in total. The lowest BCUT2D eigenvalue weighted by molar-refractivity contribution is 0.970. The smallest absolute Gasteiger partial charge is 0.184 e. The zero-order chi connectivity index (χ0) is 9.80. The topological polar surface area (TPSA) is 64.5 Å². The number of hydrogen-bond acceptors (Lipinski definition) is 5. The molecule has 0 spiro atoms. The van der Waals surface area contributed by atoms with Crippen LogP contribution in [0.1, 0.15) is 5.82 Å². The van der Waals surface area contributed by atoms with Crippen molar-refractivity contribution in [3.05, 3.63) is 44.0 Å². The van der Waals surface area contributed by atoms with Crippen molar-refractivity contribution in [2.75, 3.05) is 0 Å². The van der Waals surface area contributed by atoms with E-state index in [-0.39, 0.29) is 0 Å². The molecule has 0 saturated heterocycles. The third-order valence-corrected chi connectivity index (χ3v) is 1.56. The number of aromatic nitrogens is 5. The highest BCUT2D eigenvalue weighted by molar-refractivity contribution is 5.50. The van der Waals surface area contributed by atoms with Crippen molar-refractivity contribution in [2.45, 2.75) is 0 Å². The fourth-order valence-corrected chi connectivity index (χ4v) is 0.919. The minimum absolute atomic E-state index is 0.470. The Bertz CT molecular complexity index is 397. The SMILES string of the molecule is [CH][CH]c1ncc(-c2nccnn2)cn1. The monoisotopic (exact) mass is 184 g/mol. The highest BCUT2D eigenvalue weighted by Gasteiger charge is 2.01. The molecule has 0 atom stereocenters. The van der Waals surface area contributed by atoms with Crippen molar-refractivity contribution in [2.24, 2.45) is 0 Å². The van der Waals surface area contributed by atoms with E-state index in [1.54, 1.807) is 18.6 Å². The second-order valence-corrected chi connectivity index (χ2v) is 2.46. The van der Waals surface area contributed by atoms with E-state index in [9.17, 15) is 0 Å². The fourth-order valence-electron chi connectivity index (χ4n) is 0.919. The number of nitrogens with zero attached hydrogens (tertiary/aromatic N) is 5. The van der Waals surface area contributed by atoms with Crippen molar-refractivity contribution < 1.29 is 0 Å². The van der Waals surface area contributed by atoms with Crippen LogP contribution in [0.2, 0.25) is 0 Å². The molecule has 0 aromatic carbocycles. The lowest BCUT2D eigenvalue weighted by Gasteiger charge is -1.97. The molecule has 0 aliphatic heterocycles. The van der Waals surface area contributed by atoms with E-state index in [4.69, 9.17) is 6.92 Å². The normalized spacial score (nSPS) is 10.1. The van der Waals surface area contributed by atoms with E-state index in [0.717, 1.165) is 0 Å². The molecule has 0 bridgehead atoms. The Balaban J connectivity index is 2.34. The second kappa shape index (κ2) is 3.87. The summed E-state index contributed by atoms with van der Waals surface area (Å²) in [5.74, 6) is 0.966. The third-order valence-electron chi connectivity index (χ3n) is 1.56. The summed E-state index contributed by atoms with van der Waals surface area (Å²) in [6.07, 6.45) is 7.59. The van der Waals surface area contributed by atoms with Crippen molar-refractivity contribution in [1.29, 1.82) is 0 Å². The summed E-state index contributed by atoms with van der Waals surface area (Å²) in [6.45, 7) is 5.24. The van der Waals surface area contributed by atoms with Gasteiger partial charge in [-0.2, -0.15) is 5.10 Å². The van der Waals surface area contributed by atoms with Gasteiger partial charge in [-0.25, -0.2) is 15.0 Å².